The first-order chi connectivity index (χ1) is 7.95. The quantitative estimate of drug-likeness (QED) is 0.525. The molecule has 0 saturated carbocycles. The highest BCUT2D eigenvalue weighted by Gasteiger charge is 2.19. The minimum atomic E-state index is -0.587. The summed E-state index contributed by atoms with van der Waals surface area (Å²) < 4.78 is 0. The van der Waals surface area contributed by atoms with Crippen LogP contribution in [0.3, 0.4) is 0 Å². The molecule has 1 unspecified atom stereocenters. The number of hydrogen-bond donors (Lipinski definition) is 1. The van der Waals surface area contributed by atoms with E-state index in [1.54, 1.807) is 0 Å². The van der Waals surface area contributed by atoms with E-state index >= 15 is 0 Å². The fourth-order valence-corrected chi connectivity index (χ4v) is 1.44. The number of rotatable bonds is 4. The minimum Gasteiger partial charge on any atom is -0.319 e. The van der Waals surface area contributed by atoms with E-state index < -0.39 is 4.92 Å². The van der Waals surface area contributed by atoms with Crippen LogP contribution in [0, 0.1) is 10.1 Å². The summed E-state index contributed by atoms with van der Waals surface area (Å²) in [5, 5.41) is 13.5. The maximum atomic E-state index is 11.6. The van der Waals surface area contributed by atoms with Crippen LogP contribution in [0.25, 0.3) is 0 Å². The number of halogens is 2. The Bertz CT molecular complexity index is 453. The van der Waals surface area contributed by atoms with Gasteiger partial charge in [-0.2, -0.15) is 0 Å². The van der Waals surface area contributed by atoms with E-state index in [2.05, 4.69) is 21.2 Å². The van der Waals surface area contributed by atoms with Crippen molar-refractivity contribution in [3.63, 3.8) is 0 Å². The van der Waals surface area contributed by atoms with Gasteiger partial charge < -0.3 is 5.32 Å². The number of alkyl halides is 1. The fourth-order valence-electron chi connectivity index (χ4n) is 1.16. The molecule has 0 aliphatic carbocycles. The highest BCUT2D eigenvalue weighted by molar-refractivity contribution is 9.10. The number of nitro groups is 1. The summed E-state index contributed by atoms with van der Waals surface area (Å²) in [6, 6.07) is 4.10. The van der Waals surface area contributed by atoms with Gasteiger partial charge in [0.05, 0.1) is 9.75 Å². The van der Waals surface area contributed by atoms with Gasteiger partial charge in [-0.15, -0.1) is 0 Å². The third-order valence-electron chi connectivity index (χ3n) is 2.06. The molecule has 0 aliphatic rings. The first-order valence-electron chi connectivity index (χ1n) is 4.84. The lowest BCUT2D eigenvalue weighted by molar-refractivity contribution is -0.383. The van der Waals surface area contributed by atoms with Crippen molar-refractivity contribution in [3.8, 4) is 0 Å². The van der Waals surface area contributed by atoms with Crippen LogP contribution in [-0.4, -0.2) is 15.7 Å². The Labute approximate surface area is 111 Å². The molecule has 0 aromatic heterocycles. The summed E-state index contributed by atoms with van der Waals surface area (Å²) >= 11 is 8.83. The topological polar surface area (TPSA) is 72.2 Å². The van der Waals surface area contributed by atoms with Crippen molar-refractivity contribution >= 4 is 44.8 Å². The number of amides is 1. The second kappa shape index (κ2) is 5.97. The van der Waals surface area contributed by atoms with Gasteiger partial charge in [0.2, 0.25) is 5.91 Å². The normalized spacial score (nSPS) is 11.9. The van der Waals surface area contributed by atoms with E-state index in [1.165, 1.54) is 18.2 Å². The van der Waals surface area contributed by atoms with Crippen LogP contribution in [0.4, 0.5) is 11.4 Å². The molecule has 5 nitrogen and oxygen atoms in total. The van der Waals surface area contributed by atoms with Crippen molar-refractivity contribution in [1.82, 2.24) is 0 Å². The van der Waals surface area contributed by atoms with Gasteiger partial charge in [-0.05, 0) is 18.6 Å². The van der Waals surface area contributed by atoms with Crippen LogP contribution < -0.4 is 5.32 Å². The van der Waals surface area contributed by atoms with E-state index in [-0.39, 0.29) is 27.1 Å². The van der Waals surface area contributed by atoms with Crippen molar-refractivity contribution in [1.29, 1.82) is 0 Å². The van der Waals surface area contributed by atoms with Gasteiger partial charge in [0.15, 0.2) is 0 Å². The Balaban J connectivity index is 2.98. The molecular formula is C10H10BrClN2O3. The monoisotopic (exact) mass is 320 g/mol. The van der Waals surface area contributed by atoms with Crippen LogP contribution in [-0.2, 0) is 4.79 Å². The zero-order valence-corrected chi connectivity index (χ0v) is 11.3. The van der Waals surface area contributed by atoms with Gasteiger partial charge in [-0.1, -0.05) is 34.5 Å². The second-order valence-corrected chi connectivity index (χ2v) is 4.83. The molecule has 0 radical (unpaired) electrons. The van der Waals surface area contributed by atoms with Gasteiger partial charge in [0.25, 0.3) is 5.69 Å². The number of nitrogens with one attached hydrogen (secondary N) is 1. The second-order valence-electron chi connectivity index (χ2n) is 3.28. The molecule has 0 bridgehead atoms. The maximum Gasteiger partial charge on any atom is 0.294 e. The SMILES string of the molecule is CCC(Br)C(=O)Nc1ccc(Cl)cc1[N+](=O)[O-]. The third-order valence-corrected chi connectivity index (χ3v) is 3.36. The molecule has 1 aromatic carbocycles. The molecule has 92 valence electrons. The van der Waals surface area contributed by atoms with Crippen molar-refractivity contribution in [2.45, 2.75) is 18.2 Å². The fraction of sp³-hybridized carbons (Fsp3) is 0.300. The molecule has 0 saturated heterocycles. The molecule has 0 spiro atoms. The van der Waals surface area contributed by atoms with Crippen LogP contribution in [0.2, 0.25) is 5.02 Å². The molecular weight excluding hydrogens is 311 g/mol. The molecule has 1 N–H and O–H groups in total. The summed E-state index contributed by atoms with van der Waals surface area (Å²) in [6.45, 7) is 1.83. The Morgan fingerprint density at radius 3 is 2.82 bits per heavy atom. The zero-order valence-electron chi connectivity index (χ0n) is 8.94. The van der Waals surface area contributed by atoms with E-state index in [0.717, 1.165) is 0 Å². The van der Waals surface area contributed by atoms with E-state index in [4.69, 9.17) is 11.6 Å². The van der Waals surface area contributed by atoms with Crippen molar-refractivity contribution < 1.29 is 9.72 Å². The number of nitrogens with zero attached hydrogens (tertiary/aromatic N) is 1. The van der Waals surface area contributed by atoms with Crippen LogP contribution >= 0.6 is 27.5 Å². The van der Waals surface area contributed by atoms with E-state index in [0.29, 0.717) is 6.42 Å². The number of carbonyl (C=O) groups is 1. The number of benzene rings is 1. The smallest absolute Gasteiger partial charge is 0.294 e. The number of nitro benzene ring substituents is 1. The highest BCUT2D eigenvalue weighted by Crippen LogP contribution is 2.28. The highest BCUT2D eigenvalue weighted by atomic mass is 79.9. The molecule has 1 amide bonds. The van der Waals surface area contributed by atoms with Crippen molar-refractivity contribution in [3.05, 3.63) is 33.3 Å². The van der Waals surface area contributed by atoms with Gasteiger partial charge in [0, 0.05) is 11.1 Å². The average molecular weight is 322 g/mol. The third kappa shape index (κ3) is 3.67. The Morgan fingerprint density at radius 1 is 1.65 bits per heavy atom. The predicted molar refractivity (Wildman–Crippen MR) is 69.7 cm³/mol. The molecule has 7 heteroatoms. The lowest BCUT2D eigenvalue weighted by Crippen LogP contribution is -2.22. The molecule has 0 aliphatic heterocycles. The molecule has 1 atom stereocenters. The summed E-state index contributed by atoms with van der Waals surface area (Å²) in [5.41, 5.74) is -0.0797. The van der Waals surface area contributed by atoms with Gasteiger partial charge in [-0.3, -0.25) is 14.9 Å². The summed E-state index contributed by atoms with van der Waals surface area (Å²) in [5.74, 6) is -0.321. The average Bonchev–Trinajstić information content (AvgIpc) is 2.29. The van der Waals surface area contributed by atoms with Gasteiger partial charge >= 0.3 is 0 Å². The summed E-state index contributed by atoms with van der Waals surface area (Å²) in [6.07, 6.45) is 0.590. The molecule has 0 fully saturated rings. The first-order valence-corrected chi connectivity index (χ1v) is 6.14. The first kappa shape index (κ1) is 13.9. The van der Waals surface area contributed by atoms with Gasteiger partial charge in [0.1, 0.15) is 5.69 Å². The number of anilines is 1. The minimum absolute atomic E-state index is 0.141. The maximum absolute atomic E-state index is 11.6. The molecule has 1 aromatic rings. The van der Waals surface area contributed by atoms with E-state index in [1.807, 2.05) is 6.92 Å². The van der Waals surface area contributed by atoms with Crippen molar-refractivity contribution in [2.24, 2.45) is 0 Å². The Kier molecular flexibility index (Phi) is 4.89. The van der Waals surface area contributed by atoms with Crippen LogP contribution in [0.15, 0.2) is 18.2 Å². The van der Waals surface area contributed by atoms with Crippen molar-refractivity contribution in [2.75, 3.05) is 5.32 Å². The van der Waals surface area contributed by atoms with Crippen LogP contribution in [0.1, 0.15) is 13.3 Å². The standard InChI is InChI=1S/C10H10BrClN2O3/c1-2-7(11)10(15)13-8-4-3-6(12)5-9(8)14(16)17/h3-5,7H,2H2,1H3,(H,13,15). The predicted octanol–water partition coefficient (Wildman–Crippen LogP) is 3.36. The molecule has 17 heavy (non-hydrogen) atoms. The zero-order chi connectivity index (χ0) is 13.0. The molecule has 0 heterocycles. The number of hydrogen-bond acceptors (Lipinski definition) is 3. The Hall–Kier alpha value is -1.14. The lowest BCUT2D eigenvalue weighted by atomic mass is 10.2. The summed E-state index contributed by atoms with van der Waals surface area (Å²) in [7, 11) is 0. The number of carbonyl (C=O) groups excluding carboxylic acids is 1. The van der Waals surface area contributed by atoms with Crippen LogP contribution in [0.5, 0.6) is 0 Å². The lowest BCUT2D eigenvalue weighted by Gasteiger charge is -2.09. The molecule has 1 rings (SSSR count). The van der Waals surface area contributed by atoms with E-state index in [9.17, 15) is 14.9 Å². The summed E-state index contributed by atoms with van der Waals surface area (Å²) in [4.78, 5) is 21.4. The largest absolute Gasteiger partial charge is 0.319 e. The van der Waals surface area contributed by atoms with Gasteiger partial charge in [-0.25, -0.2) is 0 Å². The Morgan fingerprint density at radius 2 is 2.29 bits per heavy atom.